The lowest BCUT2D eigenvalue weighted by molar-refractivity contribution is -0.383. The minimum atomic E-state index is -0.522. The third-order valence-corrected chi connectivity index (χ3v) is 4.05. The summed E-state index contributed by atoms with van der Waals surface area (Å²) in [6.07, 6.45) is 0. The molecule has 0 saturated carbocycles. The van der Waals surface area contributed by atoms with Crippen molar-refractivity contribution in [2.75, 3.05) is 31.5 Å². The van der Waals surface area contributed by atoms with Crippen molar-refractivity contribution in [3.8, 4) is 0 Å². The first-order valence-electron chi connectivity index (χ1n) is 7.44. The van der Waals surface area contributed by atoms with Gasteiger partial charge in [0.25, 0.3) is 5.69 Å². The van der Waals surface area contributed by atoms with Crippen LogP contribution in [-0.4, -0.2) is 58.8 Å². The summed E-state index contributed by atoms with van der Waals surface area (Å²) in [6.45, 7) is 5.65. The molecular weight excluding hydrogens is 300 g/mol. The van der Waals surface area contributed by atoms with E-state index in [1.807, 2.05) is 4.90 Å². The van der Waals surface area contributed by atoms with Gasteiger partial charge in [0, 0.05) is 39.2 Å². The van der Waals surface area contributed by atoms with Crippen molar-refractivity contribution in [2.45, 2.75) is 19.9 Å². The number of nitrogens with one attached hydrogen (secondary N) is 1. The molecule has 2 amide bonds. The number of carbonyl (C=O) groups is 2. The van der Waals surface area contributed by atoms with Gasteiger partial charge in [-0.2, -0.15) is 0 Å². The zero-order chi connectivity index (χ0) is 17.0. The number of nitro benzene ring substituents is 1. The highest BCUT2D eigenvalue weighted by atomic mass is 16.6. The molecule has 0 spiro atoms. The second-order valence-corrected chi connectivity index (χ2v) is 5.48. The Balaban J connectivity index is 1.99. The van der Waals surface area contributed by atoms with Crippen LogP contribution in [0.25, 0.3) is 0 Å². The second-order valence-electron chi connectivity index (χ2n) is 5.48. The van der Waals surface area contributed by atoms with Gasteiger partial charge in [-0.3, -0.25) is 24.6 Å². The van der Waals surface area contributed by atoms with Crippen LogP contribution in [0.15, 0.2) is 24.3 Å². The Kier molecular flexibility index (Phi) is 5.28. The van der Waals surface area contributed by atoms with Crippen LogP contribution in [-0.2, 0) is 9.59 Å². The van der Waals surface area contributed by atoms with Gasteiger partial charge in [0.05, 0.1) is 11.0 Å². The second kappa shape index (κ2) is 7.19. The highest BCUT2D eigenvalue weighted by Crippen LogP contribution is 2.23. The molecule has 1 atom stereocenters. The summed E-state index contributed by atoms with van der Waals surface area (Å²) in [5.74, 6) is -0.266. The van der Waals surface area contributed by atoms with Crippen LogP contribution in [0.5, 0.6) is 0 Å². The van der Waals surface area contributed by atoms with Gasteiger partial charge in [-0.15, -0.1) is 0 Å². The van der Waals surface area contributed by atoms with E-state index in [0.29, 0.717) is 26.2 Å². The van der Waals surface area contributed by atoms with Crippen molar-refractivity contribution in [3.05, 3.63) is 34.4 Å². The maximum absolute atomic E-state index is 12.3. The largest absolute Gasteiger partial charge is 0.340 e. The van der Waals surface area contributed by atoms with Crippen LogP contribution < -0.4 is 5.32 Å². The van der Waals surface area contributed by atoms with Crippen molar-refractivity contribution in [1.82, 2.24) is 9.80 Å². The molecule has 124 valence electrons. The van der Waals surface area contributed by atoms with E-state index in [1.165, 1.54) is 19.1 Å². The van der Waals surface area contributed by atoms with Gasteiger partial charge in [0.2, 0.25) is 11.8 Å². The van der Waals surface area contributed by atoms with Crippen LogP contribution in [0.4, 0.5) is 11.4 Å². The molecule has 1 fully saturated rings. The third-order valence-electron chi connectivity index (χ3n) is 4.05. The first kappa shape index (κ1) is 16.9. The summed E-state index contributed by atoms with van der Waals surface area (Å²) in [6, 6.07) is 5.63. The quantitative estimate of drug-likeness (QED) is 0.661. The Morgan fingerprint density at radius 3 is 2.39 bits per heavy atom. The van der Waals surface area contributed by atoms with Gasteiger partial charge in [-0.25, -0.2) is 0 Å². The van der Waals surface area contributed by atoms with Crippen LogP contribution in [0, 0.1) is 10.1 Å². The van der Waals surface area contributed by atoms with Crippen molar-refractivity contribution in [2.24, 2.45) is 0 Å². The van der Waals surface area contributed by atoms with E-state index < -0.39 is 11.0 Å². The number of para-hydroxylation sites is 2. The summed E-state index contributed by atoms with van der Waals surface area (Å²) in [7, 11) is 0. The van der Waals surface area contributed by atoms with Gasteiger partial charge in [0.15, 0.2) is 0 Å². The van der Waals surface area contributed by atoms with Gasteiger partial charge in [-0.1, -0.05) is 12.1 Å². The summed E-state index contributed by atoms with van der Waals surface area (Å²) in [4.78, 5) is 37.8. The van der Waals surface area contributed by atoms with E-state index in [1.54, 1.807) is 24.0 Å². The van der Waals surface area contributed by atoms with Gasteiger partial charge >= 0.3 is 0 Å². The van der Waals surface area contributed by atoms with E-state index in [4.69, 9.17) is 0 Å². The predicted octanol–water partition coefficient (Wildman–Crippen LogP) is 1.09. The maximum Gasteiger partial charge on any atom is 0.292 e. The number of piperazine rings is 1. The molecule has 1 N–H and O–H groups in total. The van der Waals surface area contributed by atoms with E-state index in [2.05, 4.69) is 5.32 Å². The minimum Gasteiger partial charge on any atom is -0.340 e. The summed E-state index contributed by atoms with van der Waals surface area (Å²) < 4.78 is 0. The number of rotatable bonds is 4. The fourth-order valence-electron chi connectivity index (χ4n) is 2.57. The molecular formula is C15H20N4O4. The van der Waals surface area contributed by atoms with E-state index in [9.17, 15) is 19.7 Å². The Labute approximate surface area is 134 Å². The molecule has 1 aliphatic rings. The average molecular weight is 320 g/mol. The minimum absolute atomic E-state index is 0.0293. The maximum atomic E-state index is 12.3. The molecule has 1 aliphatic heterocycles. The zero-order valence-electron chi connectivity index (χ0n) is 13.2. The zero-order valence-corrected chi connectivity index (χ0v) is 13.2. The number of hydrogen-bond donors (Lipinski definition) is 1. The molecule has 0 aromatic heterocycles. The van der Waals surface area contributed by atoms with Crippen molar-refractivity contribution >= 4 is 23.2 Å². The number of amides is 2. The molecule has 1 heterocycles. The number of nitro groups is 1. The Morgan fingerprint density at radius 1 is 1.22 bits per heavy atom. The van der Waals surface area contributed by atoms with Crippen LogP contribution in [0.3, 0.4) is 0 Å². The lowest BCUT2D eigenvalue weighted by Crippen LogP contribution is -2.53. The fourth-order valence-corrected chi connectivity index (χ4v) is 2.57. The summed E-state index contributed by atoms with van der Waals surface area (Å²) in [5, 5.41) is 13.6. The number of anilines is 1. The van der Waals surface area contributed by atoms with Crippen molar-refractivity contribution in [3.63, 3.8) is 0 Å². The lowest BCUT2D eigenvalue weighted by atomic mass is 10.2. The van der Waals surface area contributed by atoms with Gasteiger partial charge in [-0.05, 0) is 13.0 Å². The number of nitrogens with zero attached hydrogens (tertiary/aromatic N) is 3. The molecule has 2 rings (SSSR count). The molecule has 0 aliphatic carbocycles. The molecule has 0 bridgehead atoms. The van der Waals surface area contributed by atoms with Crippen molar-refractivity contribution < 1.29 is 14.5 Å². The molecule has 1 aromatic carbocycles. The normalized spacial score (nSPS) is 16.7. The lowest BCUT2D eigenvalue weighted by Gasteiger charge is -2.36. The van der Waals surface area contributed by atoms with E-state index in [0.717, 1.165) is 0 Å². The Hall–Kier alpha value is -2.48. The average Bonchev–Trinajstić information content (AvgIpc) is 2.54. The molecule has 23 heavy (non-hydrogen) atoms. The monoisotopic (exact) mass is 320 g/mol. The molecule has 0 unspecified atom stereocenters. The van der Waals surface area contributed by atoms with Gasteiger partial charge in [0.1, 0.15) is 5.69 Å². The van der Waals surface area contributed by atoms with Gasteiger partial charge < -0.3 is 10.2 Å². The Morgan fingerprint density at radius 2 is 1.83 bits per heavy atom. The highest BCUT2D eigenvalue weighted by molar-refractivity contribution is 5.96. The number of hydrogen-bond acceptors (Lipinski definition) is 5. The number of benzene rings is 1. The molecule has 1 saturated heterocycles. The highest BCUT2D eigenvalue weighted by Gasteiger charge is 2.27. The SMILES string of the molecule is CC(=O)N1CCN([C@H](C)C(=O)Nc2ccccc2[N+](=O)[O-])CC1. The topological polar surface area (TPSA) is 95.8 Å². The first-order valence-corrected chi connectivity index (χ1v) is 7.44. The van der Waals surface area contributed by atoms with E-state index in [-0.39, 0.29) is 23.2 Å². The standard InChI is InChI=1S/C15H20N4O4/c1-11(17-7-9-18(10-8-17)12(2)20)15(21)16-13-5-3-4-6-14(13)19(22)23/h3-6,11H,7-10H2,1-2H3,(H,16,21)/t11-/m1/s1. The summed E-state index contributed by atoms with van der Waals surface area (Å²) in [5.41, 5.74) is 0.0613. The Bertz CT molecular complexity index is 611. The van der Waals surface area contributed by atoms with Crippen LogP contribution in [0.2, 0.25) is 0 Å². The first-order chi connectivity index (χ1) is 10.9. The molecule has 1 aromatic rings. The predicted molar refractivity (Wildman–Crippen MR) is 85.0 cm³/mol. The van der Waals surface area contributed by atoms with E-state index >= 15 is 0 Å². The smallest absolute Gasteiger partial charge is 0.292 e. The molecule has 0 radical (unpaired) electrons. The molecule has 8 nitrogen and oxygen atoms in total. The third kappa shape index (κ3) is 4.04. The fraction of sp³-hybridized carbons (Fsp3) is 0.467. The van der Waals surface area contributed by atoms with Crippen LogP contribution >= 0.6 is 0 Å². The molecule has 8 heteroatoms. The number of carbonyl (C=O) groups excluding carboxylic acids is 2. The van der Waals surface area contributed by atoms with Crippen molar-refractivity contribution in [1.29, 1.82) is 0 Å². The van der Waals surface area contributed by atoms with Crippen LogP contribution in [0.1, 0.15) is 13.8 Å². The summed E-state index contributed by atoms with van der Waals surface area (Å²) >= 11 is 0.